The average molecular weight is 210 g/mol. The first-order valence-electron chi connectivity index (χ1n) is 2.55. The third kappa shape index (κ3) is 3.77. The van der Waals surface area contributed by atoms with Crippen molar-refractivity contribution >= 4 is 46.4 Å². The van der Waals surface area contributed by atoms with E-state index < -0.39 is 4.87 Å². The summed E-state index contributed by atoms with van der Waals surface area (Å²) in [6, 6.07) is 0. The van der Waals surface area contributed by atoms with Crippen molar-refractivity contribution in [3.63, 3.8) is 0 Å². The van der Waals surface area contributed by atoms with Crippen molar-refractivity contribution in [2.24, 2.45) is 0 Å². The van der Waals surface area contributed by atoms with Crippen LogP contribution >= 0.6 is 46.4 Å². The van der Waals surface area contributed by atoms with Gasteiger partial charge in [-0.25, -0.2) is 0 Å². The summed E-state index contributed by atoms with van der Waals surface area (Å²) in [5.74, 6) is 1.21. The first-order valence-corrected chi connectivity index (χ1v) is 4.53. The zero-order chi connectivity index (χ0) is 7.33. The van der Waals surface area contributed by atoms with Gasteiger partial charge >= 0.3 is 0 Å². The Labute approximate surface area is 75.4 Å². The van der Waals surface area contributed by atoms with Crippen LogP contribution in [0.5, 0.6) is 0 Å². The third-order valence-corrected chi connectivity index (χ3v) is 2.96. The van der Waals surface area contributed by atoms with Gasteiger partial charge in [0.2, 0.25) is 0 Å². The predicted octanol–water partition coefficient (Wildman–Crippen LogP) is 3.07. The average Bonchev–Trinajstić information content (AvgIpc) is 1.89. The summed E-state index contributed by atoms with van der Waals surface area (Å²) in [5.41, 5.74) is 0. The van der Waals surface area contributed by atoms with Gasteiger partial charge in [0.05, 0.1) is 4.87 Å². The van der Waals surface area contributed by atoms with Crippen LogP contribution in [-0.2, 0) is 0 Å². The van der Waals surface area contributed by atoms with Gasteiger partial charge in [0.15, 0.2) is 0 Å². The molecule has 9 heavy (non-hydrogen) atoms. The molecule has 0 saturated carbocycles. The minimum absolute atomic E-state index is 0.352. The summed E-state index contributed by atoms with van der Waals surface area (Å²) >= 11 is 22.3. The maximum Gasteiger partial charge on any atom is 0.0727 e. The lowest BCUT2D eigenvalue weighted by Crippen LogP contribution is -2.26. The molecular weight excluding hydrogens is 202 g/mol. The molecule has 0 atom stereocenters. The van der Waals surface area contributed by atoms with E-state index in [0.717, 1.165) is 0 Å². The second-order valence-electron chi connectivity index (χ2n) is 1.86. The molecule has 0 amide bonds. The molecule has 0 aliphatic heterocycles. The topological polar surface area (TPSA) is 0 Å². The van der Waals surface area contributed by atoms with Crippen LogP contribution < -0.4 is 0 Å². The monoisotopic (exact) mass is 208 g/mol. The van der Waals surface area contributed by atoms with E-state index in [1.54, 1.807) is 0 Å². The van der Waals surface area contributed by atoms with E-state index in [9.17, 15) is 0 Å². The molecule has 0 aliphatic carbocycles. The van der Waals surface area contributed by atoms with Gasteiger partial charge in [-0.05, 0) is 6.42 Å². The van der Waals surface area contributed by atoms with Crippen molar-refractivity contribution in [3.05, 3.63) is 0 Å². The van der Waals surface area contributed by atoms with Gasteiger partial charge in [0, 0.05) is 17.6 Å². The quantitative estimate of drug-likeness (QED) is 0.625. The van der Waals surface area contributed by atoms with Crippen molar-refractivity contribution in [3.8, 4) is 0 Å². The SMILES string of the molecule is ClCCC(Cl)(CCl)CCl. The summed E-state index contributed by atoms with van der Waals surface area (Å²) in [5, 5.41) is 0. The standard InChI is InChI=1S/C5H8Cl4/c6-2-1-5(9,3-7)4-8/h1-4H2. The van der Waals surface area contributed by atoms with E-state index in [4.69, 9.17) is 46.4 Å². The van der Waals surface area contributed by atoms with Crippen molar-refractivity contribution in [2.45, 2.75) is 11.3 Å². The van der Waals surface area contributed by atoms with E-state index in [-0.39, 0.29) is 0 Å². The summed E-state index contributed by atoms with van der Waals surface area (Å²) in [7, 11) is 0. The molecule has 0 heterocycles. The number of halogens is 4. The Morgan fingerprint density at radius 3 is 1.56 bits per heavy atom. The maximum atomic E-state index is 5.86. The molecule has 0 aromatic heterocycles. The van der Waals surface area contributed by atoms with Crippen LogP contribution in [-0.4, -0.2) is 22.5 Å². The van der Waals surface area contributed by atoms with Gasteiger partial charge in [0.1, 0.15) is 0 Å². The van der Waals surface area contributed by atoms with E-state index in [1.807, 2.05) is 0 Å². The molecule has 0 nitrogen and oxygen atoms in total. The maximum absolute atomic E-state index is 5.86. The lowest BCUT2D eigenvalue weighted by molar-refractivity contribution is 0.689. The first kappa shape index (κ1) is 10.2. The van der Waals surface area contributed by atoms with E-state index >= 15 is 0 Å². The molecule has 0 spiro atoms. The smallest absolute Gasteiger partial charge is 0.0727 e. The number of alkyl halides is 4. The van der Waals surface area contributed by atoms with Crippen LogP contribution in [0.4, 0.5) is 0 Å². The van der Waals surface area contributed by atoms with Gasteiger partial charge in [-0.3, -0.25) is 0 Å². The van der Waals surface area contributed by atoms with E-state index in [1.165, 1.54) is 0 Å². The third-order valence-electron chi connectivity index (χ3n) is 1.02. The van der Waals surface area contributed by atoms with Crippen molar-refractivity contribution in [1.82, 2.24) is 0 Å². The molecule has 0 aromatic rings. The Balaban J connectivity index is 3.62. The van der Waals surface area contributed by atoms with Crippen molar-refractivity contribution < 1.29 is 0 Å². The van der Waals surface area contributed by atoms with Crippen LogP contribution in [0.15, 0.2) is 0 Å². The van der Waals surface area contributed by atoms with Gasteiger partial charge in [-0.1, -0.05) is 0 Å². The fourth-order valence-corrected chi connectivity index (χ4v) is 1.44. The van der Waals surface area contributed by atoms with Crippen LogP contribution in [0.1, 0.15) is 6.42 Å². The number of rotatable bonds is 4. The summed E-state index contributed by atoms with van der Waals surface area (Å²) in [4.78, 5) is -0.495. The molecule has 0 unspecified atom stereocenters. The minimum atomic E-state index is -0.495. The Kier molecular flexibility index (Phi) is 5.53. The predicted molar refractivity (Wildman–Crippen MR) is 45.4 cm³/mol. The molecule has 0 saturated heterocycles. The van der Waals surface area contributed by atoms with Crippen molar-refractivity contribution in [1.29, 1.82) is 0 Å². The highest BCUT2D eigenvalue weighted by Gasteiger charge is 2.23. The molecule has 0 radical (unpaired) electrons. The fourth-order valence-electron chi connectivity index (χ4n) is 0.339. The number of hydrogen-bond donors (Lipinski definition) is 0. The molecule has 0 aliphatic rings. The minimum Gasteiger partial charge on any atom is -0.127 e. The lowest BCUT2D eigenvalue weighted by Gasteiger charge is -2.19. The fraction of sp³-hybridized carbons (Fsp3) is 1.00. The highest BCUT2D eigenvalue weighted by molar-refractivity contribution is 6.35. The van der Waals surface area contributed by atoms with Crippen molar-refractivity contribution in [2.75, 3.05) is 17.6 Å². The Morgan fingerprint density at radius 1 is 1.00 bits per heavy atom. The molecule has 0 bridgehead atoms. The van der Waals surface area contributed by atoms with Gasteiger partial charge in [-0.15, -0.1) is 46.4 Å². The second-order valence-corrected chi connectivity index (χ2v) is 3.57. The molecule has 4 heteroatoms. The summed E-state index contributed by atoms with van der Waals surface area (Å²) < 4.78 is 0. The highest BCUT2D eigenvalue weighted by atomic mass is 35.5. The second kappa shape index (κ2) is 4.90. The Morgan fingerprint density at radius 2 is 1.44 bits per heavy atom. The molecular formula is C5H8Cl4. The van der Waals surface area contributed by atoms with Gasteiger partial charge in [-0.2, -0.15) is 0 Å². The highest BCUT2D eigenvalue weighted by Crippen LogP contribution is 2.23. The summed E-state index contributed by atoms with van der Waals surface area (Å²) in [6.45, 7) is 0. The summed E-state index contributed by atoms with van der Waals surface area (Å²) in [6.07, 6.45) is 0.656. The zero-order valence-electron chi connectivity index (χ0n) is 4.84. The zero-order valence-corrected chi connectivity index (χ0v) is 7.86. The number of hydrogen-bond acceptors (Lipinski definition) is 0. The Hall–Kier alpha value is 1.16. The van der Waals surface area contributed by atoms with Crippen LogP contribution in [0.25, 0.3) is 0 Å². The van der Waals surface area contributed by atoms with Gasteiger partial charge in [0.25, 0.3) is 0 Å². The lowest BCUT2D eigenvalue weighted by atomic mass is 10.1. The van der Waals surface area contributed by atoms with Crippen LogP contribution in [0.3, 0.4) is 0 Å². The van der Waals surface area contributed by atoms with E-state index in [2.05, 4.69) is 0 Å². The molecule has 0 fully saturated rings. The van der Waals surface area contributed by atoms with Gasteiger partial charge < -0.3 is 0 Å². The van der Waals surface area contributed by atoms with Crippen LogP contribution in [0, 0.1) is 0 Å². The Bertz CT molecular complexity index is 69.4. The molecule has 0 aromatic carbocycles. The normalized spacial score (nSPS) is 12.0. The molecule has 0 N–H and O–H groups in total. The van der Waals surface area contributed by atoms with Crippen LogP contribution in [0.2, 0.25) is 0 Å². The molecule has 0 rings (SSSR count). The largest absolute Gasteiger partial charge is 0.127 e. The molecule has 56 valence electrons. The van der Waals surface area contributed by atoms with E-state index in [0.29, 0.717) is 24.1 Å². The first-order chi connectivity index (χ1) is 4.18.